The summed E-state index contributed by atoms with van der Waals surface area (Å²) in [5.41, 5.74) is -0.219. The number of nitrogens with one attached hydrogen (secondary N) is 1. The Hall–Kier alpha value is -2.56. The van der Waals surface area contributed by atoms with Crippen LogP contribution in [0.4, 0.5) is 20.2 Å². The zero-order chi connectivity index (χ0) is 19.7. The van der Waals surface area contributed by atoms with Crippen LogP contribution in [-0.4, -0.2) is 27.7 Å². The fourth-order valence-electron chi connectivity index (χ4n) is 2.70. The maximum absolute atomic E-state index is 13.1. The number of nitro groups is 1. The molecule has 1 aliphatic carbocycles. The van der Waals surface area contributed by atoms with Crippen molar-refractivity contribution in [1.82, 2.24) is 9.78 Å². The van der Waals surface area contributed by atoms with Crippen LogP contribution in [0.25, 0.3) is 0 Å². The third kappa shape index (κ3) is 4.07. The SMILES string of the molecule is COc1ccc(NC(=O)Cn2nc(C(F)F)c(Br)c2C2CC2)c([N+](=O)[O-])c1. The van der Waals surface area contributed by atoms with Crippen molar-refractivity contribution in [1.29, 1.82) is 0 Å². The molecule has 1 aromatic carbocycles. The number of halogens is 3. The Balaban J connectivity index is 1.83. The second kappa shape index (κ2) is 7.59. The fraction of sp³-hybridized carbons (Fsp3) is 0.375. The van der Waals surface area contributed by atoms with Gasteiger partial charge in [-0.3, -0.25) is 19.6 Å². The minimum atomic E-state index is -2.77. The van der Waals surface area contributed by atoms with Gasteiger partial charge in [0.05, 0.1) is 28.3 Å². The lowest BCUT2D eigenvalue weighted by molar-refractivity contribution is -0.384. The van der Waals surface area contributed by atoms with Gasteiger partial charge in [0.2, 0.25) is 5.91 Å². The summed E-state index contributed by atoms with van der Waals surface area (Å²) in [6.07, 6.45) is -1.11. The van der Waals surface area contributed by atoms with E-state index in [0.29, 0.717) is 5.69 Å². The summed E-state index contributed by atoms with van der Waals surface area (Å²) in [7, 11) is 1.37. The third-order valence-electron chi connectivity index (χ3n) is 4.10. The number of nitrogens with zero attached hydrogens (tertiary/aromatic N) is 3. The van der Waals surface area contributed by atoms with Gasteiger partial charge in [-0.2, -0.15) is 5.10 Å². The van der Waals surface area contributed by atoms with Gasteiger partial charge in [-0.1, -0.05) is 0 Å². The molecule has 1 aliphatic rings. The second-order valence-corrected chi connectivity index (χ2v) is 6.80. The lowest BCUT2D eigenvalue weighted by atomic mass is 10.2. The molecule has 1 heterocycles. The molecule has 27 heavy (non-hydrogen) atoms. The Morgan fingerprint density at radius 2 is 2.22 bits per heavy atom. The molecule has 8 nitrogen and oxygen atoms in total. The van der Waals surface area contributed by atoms with Crippen LogP contribution in [0.3, 0.4) is 0 Å². The number of anilines is 1. The summed E-state index contributed by atoms with van der Waals surface area (Å²) in [4.78, 5) is 22.9. The molecule has 1 saturated carbocycles. The Morgan fingerprint density at radius 1 is 1.52 bits per heavy atom. The molecule has 0 bridgehead atoms. The van der Waals surface area contributed by atoms with Gasteiger partial charge in [0.1, 0.15) is 23.7 Å². The molecule has 0 radical (unpaired) electrons. The van der Waals surface area contributed by atoms with Gasteiger partial charge in [-0.05, 0) is 40.9 Å². The van der Waals surface area contributed by atoms with E-state index in [1.807, 2.05) is 0 Å². The van der Waals surface area contributed by atoms with Gasteiger partial charge in [0.25, 0.3) is 12.1 Å². The van der Waals surface area contributed by atoms with E-state index in [9.17, 15) is 23.7 Å². The topological polar surface area (TPSA) is 99.3 Å². The molecule has 1 fully saturated rings. The number of nitro benzene ring substituents is 1. The molecule has 0 aliphatic heterocycles. The monoisotopic (exact) mass is 444 g/mol. The number of rotatable bonds is 7. The van der Waals surface area contributed by atoms with Crippen LogP contribution in [0.5, 0.6) is 5.75 Å². The highest BCUT2D eigenvalue weighted by atomic mass is 79.9. The van der Waals surface area contributed by atoms with Crippen molar-refractivity contribution in [2.75, 3.05) is 12.4 Å². The molecule has 2 aromatic rings. The van der Waals surface area contributed by atoms with Crippen molar-refractivity contribution in [3.63, 3.8) is 0 Å². The largest absolute Gasteiger partial charge is 0.496 e. The van der Waals surface area contributed by atoms with E-state index < -0.39 is 22.9 Å². The highest BCUT2D eigenvalue weighted by molar-refractivity contribution is 9.10. The van der Waals surface area contributed by atoms with Gasteiger partial charge >= 0.3 is 0 Å². The maximum atomic E-state index is 13.1. The fourth-order valence-corrected chi connectivity index (χ4v) is 3.48. The molecular formula is C16H15BrF2N4O4. The first-order valence-electron chi connectivity index (χ1n) is 7.98. The van der Waals surface area contributed by atoms with Crippen molar-refractivity contribution < 1.29 is 23.2 Å². The van der Waals surface area contributed by atoms with Crippen LogP contribution in [0.1, 0.15) is 36.6 Å². The maximum Gasteiger partial charge on any atom is 0.296 e. The van der Waals surface area contributed by atoms with Gasteiger partial charge in [0, 0.05) is 5.92 Å². The number of aromatic nitrogens is 2. The third-order valence-corrected chi connectivity index (χ3v) is 4.91. The Morgan fingerprint density at radius 3 is 2.78 bits per heavy atom. The Kier molecular flexibility index (Phi) is 5.40. The van der Waals surface area contributed by atoms with Crippen LogP contribution in [0.15, 0.2) is 22.7 Å². The molecule has 0 saturated heterocycles. The summed E-state index contributed by atoms with van der Waals surface area (Å²) in [6.45, 7) is -0.333. The molecule has 0 atom stereocenters. The van der Waals surface area contributed by atoms with Gasteiger partial charge in [-0.25, -0.2) is 8.78 Å². The Labute approximate surface area is 160 Å². The molecule has 1 N–H and O–H groups in total. The van der Waals surface area contributed by atoms with Crippen molar-refractivity contribution in [2.24, 2.45) is 0 Å². The Bertz CT molecular complexity index is 899. The summed E-state index contributed by atoms with van der Waals surface area (Å²) in [6, 6.07) is 4.00. The predicted molar refractivity (Wildman–Crippen MR) is 95.1 cm³/mol. The zero-order valence-electron chi connectivity index (χ0n) is 14.1. The normalized spacial score (nSPS) is 13.7. The van der Waals surface area contributed by atoms with Gasteiger partial charge in [0.15, 0.2) is 0 Å². The smallest absolute Gasteiger partial charge is 0.296 e. The molecular weight excluding hydrogens is 430 g/mol. The standard InChI is InChI=1S/C16H15BrF2N4O4/c1-27-9-4-5-10(11(6-9)23(25)26)20-12(24)7-22-15(8-2-3-8)13(17)14(21-22)16(18)19/h4-6,8,16H,2-3,7H2,1H3,(H,20,24). The molecule has 1 aromatic heterocycles. The van der Waals surface area contributed by atoms with Crippen LogP contribution in [0, 0.1) is 10.1 Å². The molecule has 144 valence electrons. The minimum absolute atomic E-state index is 0.0147. The highest BCUT2D eigenvalue weighted by Gasteiger charge is 2.34. The first-order chi connectivity index (χ1) is 12.8. The van der Waals surface area contributed by atoms with Crippen molar-refractivity contribution in [3.8, 4) is 5.75 Å². The first kappa shape index (κ1) is 19.2. The molecule has 11 heteroatoms. The average molecular weight is 445 g/mol. The number of hydrogen-bond acceptors (Lipinski definition) is 5. The summed E-state index contributed by atoms with van der Waals surface area (Å²) >= 11 is 3.15. The number of alkyl halides is 2. The number of ether oxygens (including phenoxy) is 1. The van der Waals surface area contributed by atoms with Crippen molar-refractivity contribution >= 4 is 33.2 Å². The summed E-state index contributed by atoms with van der Waals surface area (Å²) < 4.78 is 32.6. The molecule has 1 amide bonds. The second-order valence-electron chi connectivity index (χ2n) is 6.01. The van der Waals surface area contributed by atoms with Gasteiger partial charge < -0.3 is 10.1 Å². The van der Waals surface area contributed by atoms with E-state index in [1.54, 1.807) is 0 Å². The van der Waals surface area contributed by atoms with Crippen LogP contribution < -0.4 is 10.1 Å². The number of methoxy groups -OCH3 is 1. The van der Waals surface area contributed by atoms with Crippen molar-refractivity contribution in [2.45, 2.75) is 31.7 Å². The van der Waals surface area contributed by atoms with Crippen LogP contribution in [0.2, 0.25) is 0 Å². The number of amides is 1. The highest BCUT2D eigenvalue weighted by Crippen LogP contribution is 2.45. The van der Waals surface area contributed by atoms with E-state index in [0.717, 1.165) is 12.8 Å². The number of hydrogen-bond donors (Lipinski definition) is 1. The number of carbonyl (C=O) groups excluding carboxylic acids is 1. The summed E-state index contributed by atoms with van der Waals surface area (Å²) in [5.74, 6) is -0.267. The molecule has 0 unspecified atom stereocenters. The zero-order valence-corrected chi connectivity index (χ0v) is 15.7. The minimum Gasteiger partial charge on any atom is -0.496 e. The molecule has 0 spiro atoms. The van der Waals surface area contributed by atoms with E-state index in [-0.39, 0.29) is 34.1 Å². The number of benzene rings is 1. The van der Waals surface area contributed by atoms with Crippen LogP contribution >= 0.6 is 15.9 Å². The lowest BCUT2D eigenvalue weighted by Gasteiger charge is -2.09. The molecule has 3 rings (SSSR count). The van der Waals surface area contributed by atoms with Crippen molar-refractivity contribution in [3.05, 3.63) is 44.2 Å². The lowest BCUT2D eigenvalue weighted by Crippen LogP contribution is -2.21. The first-order valence-corrected chi connectivity index (χ1v) is 8.77. The van der Waals surface area contributed by atoms with E-state index >= 15 is 0 Å². The van der Waals surface area contributed by atoms with E-state index in [4.69, 9.17) is 4.74 Å². The van der Waals surface area contributed by atoms with E-state index in [1.165, 1.54) is 30.0 Å². The van der Waals surface area contributed by atoms with Gasteiger partial charge in [-0.15, -0.1) is 0 Å². The summed E-state index contributed by atoms with van der Waals surface area (Å²) in [5, 5.41) is 17.5. The predicted octanol–water partition coefficient (Wildman–Crippen LogP) is 4.02. The number of carbonyl (C=O) groups is 1. The van der Waals surface area contributed by atoms with E-state index in [2.05, 4.69) is 26.3 Å². The van der Waals surface area contributed by atoms with Crippen LogP contribution in [-0.2, 0) is 11.3 Å². The average Bonchev–Trinajstić information content (AvgIpc) is 3.39. The quantitative estimate of drug-likeness (QED) is 0.513.